The quantitative estimate of drug-likeness (QED) is 0.272. The lowest BCUT2D eigenvalue weighted by atomic mass is 9.93. The van der Waals surface area contributed by atoms with Crippen molar-refractivity contribution in [3.63, 3.8) is 0 Å². The Bertz CT molecular complexity index is 1570. The molecule has 3 heterocycles. The number of ether oxygens (including phenoxy) is 3. The Hall–Kier alpha value is -4.57. The molecule has 0 aliphatic carbocycles. The number of aliphatic imine (C=N–C) groups is 1. The number of amidine groups is 1. The number of pyridine rings is 1. The average molecular weight is 599 g/mol. The Morgan fingerprint density at radius 3 is 2.51 bits per heavy atom. The van der Waals surface area contributed by atoms with Crippen LogP contribution in [0.2, 0.25) is 0 Å². The standard InChI is InChI=1S/C33H34N4O5S/c1-21(2)42-32(39)30-22(3)36-33-37(26(20-43-33)17-29(38)35-18-23-12-14-34-15-13-23)31(30)25-10-11-27(28(16-25)40-4)41-19-24-8-6-5-7-9-24/h5-16,20-21,31H,17-19H2,1-4H3,(H,35,38). The van der Waals surface area contributed by atoms with Gasteiger partial charge < -0.3 is 24.4 Å². The molecule has 2 aliphatic rings. The van der Waals surface area contributed by atoms with Crippen LogP contribution in [-0.4, -0.2) is 40.1 Å². The van der Waals surface area contributed by atoms with Gasteiger partial charge in [-0.3, -0.25) is 9.78 Å². The Labute approximate surface area is 255 Å². The van der Waals surface area contributed by atoms with Gasteiger partial charge in [-0.1, -0.05) is 48.2 Å². The molecular formula is C33H34N4O5S. The number of amides is 1. The molecule has 3 aromatic rings. The van der Waals surface area contributed by atoms with Crippen molar-refractivity contribution in [1.29, 1.82) is 0 Å². The molecule has 1 unspecified atom stereocenters. The van der Waals surface area contributed by atoms with Crippen LogP contribution < -0.4 is 14.8 Å². The van der Waals surface area contributed by atoms with E-state index in [1.807, 2.05) is 91.7 Å². The Kier molecular flexibility index (Phi) is 9.46. The summed E-state index contributed by atoms with van der Waals surface area (Å²) in [6.45, 7) is 6.20. The second kappa shape index (κ2) is 13.6. The molecule has 1 aromatic heterocycles. The largest absolute Gasteiger partial charge is 0.493 e. The summed E-state index contributed by atoms with van der Waals surface area (Å²) in [5.41, 5.74) is 4.46. The van der Waals surface area contributed by atoms with E-state index in [2.05, 4.69) is 10.3 Å². The third kappa shape index (κ3) is 7.09. The van der Waals surface area contributed by atoms with Crippen LogP contribution >= 0.6 is 11.8 Å². The number of benzene rings is 2. The molecule has 0 spiro atoms. The van der Waals surface area contributed by atoms with Gasteiger partial charge >= 0.3 is 5.97 Å². The lowest BCUT2D eigenvalue weighted by Gasteiger charge is -2.36. The van der Waals surface area contributed by atoms with E-state index in [4.69, 9.17) is 19.2 Å². The second-order valence-corrected chi connectivity index (χ2v) is 11.2. The number of allylic oxidation sites excluding steroid dienone is 1. The first-order chi connectivity index (χ1) is 20.8. The number of carbonyl (C=O) groups is 2. The van der Waals surface area contributed by atoms with Crippen molar-refractivity contribution in [3.8, 4) is 11.5 Å². The normalized spacial score (nSPS) is 15.9. The summed E-state index contributed by atoms with van der Waals surface area (Å²) in [4.78, 5) is 37.3. The van der Waals surface area contributed by atoms with E-state index in [0.29, 0.717) is 41.1 Å². The lowest BCUT2D eigenvalue weighted by Crippen LogP contribution is -2.38. The number of methoxy groups -OCH3 is 1. The maximum atomic E-state index is 13.5. The molecular weight excluding hydrogens is 564 g/mol. The van der Waals surface area contributed by atoms with Crippen molar-refractivity contribution in [2.75, 3.05) is 7.11 Å². The van der Waals surface area contributed by atoms with Gasteiger partial charge in [0, 0.05) is 24.6 Å². The summed E-state index contributed by atoms with van der Waals surface area (Å²) in [6, 6.07) is 18.6. The predicted octanol–water partition coefficient (Wildman–Crippen LogP) is 5.90. The van der Waals surface area contributed by atoms with E-state index in [9.17, 15) is 9.59 Å². The minimum Gasteiger partial charge on any atom is -0.493 e. The van der Waals surface area contributed by atoms with E-state index in [1.54, 1.807) is 19.5 Å². The van der Waals surface area contributed by atoms with E-state index in [1.165, 1.54) is 11.8 Å². The van der Waals surface area contributed by atoms with Gasteiger partial charge in [-0.05, 0) is 67.1 Å². The maximum Gasteiger partial charge on any atom is 0.338 e. The van der Waals surface area contributed by atoms with Gasteiger partial charge in [0.1, 0.15) is 6.61 Å². The number of hydrogen-bond acceptors (Lipinski definition) is 9. The molecule has 2 aromatic carbocycles. The number of fused-ring (bicyclic) bond motifs is 1. The van der Waals surface area contributed by atoms with Crippen LogP contribution in [0.25, 0.3) is 0 Å². The van der Waals surface area contributed by atoms with Crippen molar-refractivity contribution in [1.82, 2.24) is 15.2 Å². The summed E-state index contributed by atoms with van der Waals surface area (Å²) >= 11 is 1.42. The molecule has 1 amide bonds. The van der Waals surface area contributed by atoms with E-state index in [-0.39, 0.29) is 18.4 Å². The van der Waals surface area contributed by atoms with Gasteiger partial charge in [0.15, 0.2) is 16.7 Å². The fourth-order valence-electron chi connectivity index (χ4n) is 4.86. The van der Waals surface area contributed by atoms with E-state index in [0.717, 1.165) is 22.4 Å². The molecule has 1 atom stereocenters. The molecule has 0 fully saturated rings. The summed E-state index contributed by atoms with van der Waals surface area (Å²) in [7, 11) is 1.58. The fraction of sp³-hybridized carbons (Fsp3) is 0.273. The SMILES string of the molecule is COc1cc(C2C(C(=O)OC(C)C)=C(C)N=C3SC=C(CC(=O)NCc4ccncc4)N32)ccc1OCc1ccccc1. The molecule has 43 heavy (non-hydrogen) atoms. The van der Waals surface area contributed by atoms with E-state index < -0.39 is 12.0 Å². The van der Waals surface area contributed by atoms with Crippen molar-refractivity contribution >= 4 is 28.8 Å². The number of aromatic nitrogens is 1. The maximum absolute atomic E-state index is 13.5. The number of thioether (sulfide) groups is 1. The molecule has 0 saturated heterocycles. The monoisotopic (exact) mass is 598 g/mol. The molecule has 0 saturated carbocycles. The highest BCUT2D eigenvalue weighted by Gasteiger charge is 2.41. The van der Waals surface area contributed by atoms with E-state index >= 15 is 0 Å². The Morgan fingerprint density at radius 1 is 1.02 bits per heavy atom. The van der Waals surface area contributed by atoms with Crippen molar-refractivity contribution in [3.05, 3.63) is 112 Å². The Morgan fingerprint density at radius 2 is 1.79 bits per heavy atom. The smallest absolute Gasteiger partial charge is 0.338 e. The minimum absolute atomic E-state index is 0.106. The summed E-state index contributed by atoms with van der Waals surface area (Å²) in [5, 5.41) is 5.57. The molecule has 10 heteroatoms. The number of hydrogen-bond donors (Lipinski definition) is 1. The fourth-order valence-corrected chi connectivity index (χ4v) is 5.83. The van der Waals surface area contributed by atoms with Crippen LogP contribution in [0.15, 0.2) is 100 Å². The zero-order chi connectivity index (χ0) is 30.3. The van der Waals surface area contributed by atoms with Gasteiger partial charge in [-0.15, -0.1) is 0 Å². The van der Waals surface area contributed by atoms with Crippen LogP contribution in [0.1, 0.15) is 49.9 Å². The molecule has 0 radical (unpaired) electrons. The summed E-state index contributed by atoms with van der Waals surface area (Å²) < 4.78 is 17.5. The van der Waals surface area contributed by atoms with Gasteiger partial charge in [-0.2, -0.15) is 0 Å². The summed E-state index contributed by atoms with van der Waals surface area (Å²) in [6.07, 6.45) is 3.17. The van der Waals surface area contributed by atoms with Crippen molar-refractivity contribution in [2.45, 2.75) is 52.5 Å². The number of rotatable bonds is 11. The highest BCUT2D eigenvalue weighted by atomic mass is 32.2. The number of nitrogens with zero attached hydrogens (tertiary/aromatic N) is 3. The highest BCUT2D eigenvalue weighted by Crippen LogP contribution is 2.46. The van der Waals surface area contributed by atoms with Crippen molar-refractivity contribution in [2.24, 2.45) is 4.99 Å². The highest BCUT2D eigenvalue weighted by molar-refractivity contribution is 8.16. The molecule has 9 nitrogen and oxygen atoms in total. The van der Waals surface area contributed by atoms with Crippen LogP contribution in [0.5, 0.6) is 11.5 Å². The number of carbonyl (C=O) groups excluding carboxylic acids is 2. The first-order valence-corrected chi connectivity index (χ1v) is 14.9. The second-order valence-electron chi connectivity index (χ2n) is 10.3. The first-order valence-electron chi connectivity index (χ1n) is 14.0. The van der Waals surface area contributed by atoms with Crippen LogP contribution in [-0.2, 0) is 27.5 Å². The zero-order valence-electron chi connectivity index (χ0n) is 24.6. The van der Waals surface area contributed by atoms with Crippen molar-refractivity contribution < 1.29 is 23.8 Å². The first kappa shape index (κ1) is 29.9. The predicted molar refractivity (Wildman–Crippen MR) is 166 cm³/mol. The third-order valence-electron chi connectivity index (χ3n) is 6.88. The van der Waals surface area contributed by atoms with Gasteiger partial charge in [0.25, 0.3) is 0 Å². The molecule has 5 rings (SSSR count). The van der Waals surface area contributed by atoms with Gasteiger partial charge in [0.2, 0.25) is 5.91 Å². The van der Waals surface area contributed by atoms with Crippen LogP contribution in [0.3, 0.4) is 0 Å². The van der Waals surface area contributed by atoms with Crippen LogP contribution in [0, 0.1) is 0 Å². The van der Waals surface area contributed by atoms with Gasteiger partial charge in [0.05, 0.1) is 36.9 Å². The molecule has 222 valence electrons. The number of nitrogens with one attached hydrogen (secondary N) is 1. The van der Waals surface area contributed by atoms with Gasteiger partial charge in [-0.25, -0.2) is 9.79 Å². The van der Waals surface area contributed by atoms with Crippen LogP contribution in [0.4, 0.5) is 0 Å². The lowest BCUT2D eigenvalue weighted by molar-refractivity contribution is -0.143. The molecule has 1 N–H and O–H groups in total. The minimum atomic E-state index is -0.593. The number of esters is 1. The average Bonchev–Trinajstić information content (AvgIpc) is 3.40. The Balaban J connectivity index is 1.44. The third-order valence-corrected chi connectivity index (χ3v) is 7.77. The topological polar surface area (TPSA) is 102 Å². The molecule has 0 bridgehead atoms. The zero-order valence-corrected chi connectivity index (χ0v) is 25.4. The summed E-state index contributed by atoms with van der Waals surface area (Å²) in [5.74, 6) is 0.499. The molecule has 2 aliphatic heterocycles.